The molecule has 0 radical (unpaired) electrons. The molecule has 0 saturated carbocycles. The maximum atomic E-state index is 8.52. The van der Waals surface area contributed by atoms with Gasteiger partial charge in [-0.3, -0.25) is 0 Å². The zero-order valence-corrected chi connectivity index (χ0v) is 3.59. The van der Waals surface area contributed by atoms with Gasteiger partial charge in [0.05, 0.1) is 0 Å². The molecule has 1 rings (SSSR count). The van der Waals surface area contributed by atoms with Crippen molar-refractivity contribution in [3.05, 3.63) is 24.3 Å². The predicted molar refractivity (Wildman–Crippen MR) is 24.1 cm³/mol. The lowest BCUT2D eigenvalue weighted by Gasteiger charge is -2.01. The maximum Gasteiger partial charge on any atom is 0.160 e. The minimum Gasteiger partial charge on any atom is -0.505 e. The molecule has 0 bridgehead atoms. The SMILES string of the molecule is OC1=CONC=C1. The third kappa shape index (κ3) is 0.855. The normalized spacial score (nSPS) is 16.9. The molecule has 38 valence electrons. The largest absolute Gasteiger partial charge is 0.505 e. The average Bonchev–Trinajstić information content (AvgIpc) is 1.69. The molecular formula is C4H5NO2. The number of nitrogens with one attached hydrogen (secondary N) is 1. The van der Waals surface area contributed by atoms with E-state index in [1.807, 2.05) is 0 Å². The summed E-state index contributed by atoms with van der Waals surface area (Å²) in [7, 11) is 0. The lowest BCUT2D eigenvalue weighted by Crippen LogP contribution is -2.04. The summed E-state index contributed by atoms with van der Waals surface area (Å²) < 4.78 is 0. The van der Waals surface area contributed by atoms with Crippen LogP contribution in [-0.4, -0.2) is 5.11 Å². The van der Waals surface area contributed by atoms with Gasteiger partial charge in [0.2, 0.25) is 0 Å². The second-order valence-corrected chi connectivity index (χ2v) is 1.11. The fraction of sp³-hybridized carbons (Fsp3) is 0. The zero-order chi connectivity index (χ0) is 5.11. The number of allylic oxidation sites excluding steroid dienone is 1. The lowest BCUT2D eigenvalue weighted by atomic mass is 10.5. The van der Waals surface area contributed by atoms with E-state index >= 15 is 0 Å². The highest BCUT2D eigenvalue weighted by Crippen LogP contribution is 1.92. The third-order valence-electron chi connectivity index (χ3n) is 0.570. The molecular weight excluding hydrogens is 94.0 g/mol. The Morgan fingerprint density at radius 2 is 2.57 bits per heavy atom. The van der Waals surface area contributed by atoms with Crippen molar-refractivity contribution in [2.75, 3.05) is 0 Å². The van der Waals surface area contributed by atoms with E-state index in [9.17, 15) is 0 Å². The van der Waals surface area contributed by atoms with Gasteiger partial charge in [-0.2, -0.15) is 0 Å². The van der Waals surface area contributed by atoms with E-state index in [2.05, 4.69) is 10.3 Å². The Balaban J connectivity index is 2.58. The van der Waals surface area contributed by atoms with Gasteiger partial charge in [0.15, 0.2) is 12.0 Å². The number of rotatable bonds is 0. The van der Waals surface area contributed by atoms with Gasteiger partial charge >= 0.3 is 0 Å². The molecule has 0 atom stereocenters. The number of aliphatic hydroxyl groups is 1. The molecule has 3 nitrogen and oxygen atoms in total. The Morgan fingerprint density at radius 1 is 1.71 bits per heavy atom. The third-order valence-corrected chi connectivity index (χ3v) is 0.570. The summed E-state index contributed by atoms with van der Waals surface area (Å²) in [5, 5.41) is 8.52. The van der Waals surface area contributed by atoms with Gasteiger partial charge < -0.3 is 9.94 Å². The van der Waals surface area contributed by atoms with Crippen LogP contribution in [0, 0.1) is 0 Å². The summed E-state index contributed by atoms with van der Waals surface area (Å²) in [5.74, 6) is 0.124. The molecule has 0 saturated heterocycles. The Labute approximate surface area is 40.9 Å². The van der Waals surface area contributed by atoms with Crippen LogP contribution >= 0.6 is 0 Å². The first-order chi connectivity index (χ1) is 3.39. The van der Waals surface area contributed by atoms with Crippen LogP contribution in [0.4, 0.5) is 0 Å². The summed E-state index contributed by atoms with van der Waals surface area (Å²) in [6.07, 6.45) is 4.19. The first kappa shape index (κ1) is 4.05. The second-order valence-electron chi connectivity index (χ2n) is 1.11. The molecule has 0 aromatic carbocycles. The second kappa shape index (κ2) is 1.55. The molecule has 7 heavy (non-hydrogen) atoms. The summed E-state index contributed by atoms with van der Waals surface area (Å²) in [6.45, 7) is 0. The zero-order valence-electron chi connectivity index (χ0n) is 3.59. The van der Waals surface area contributed by atoms with Gasteiger partial charge in [-0.05, 0) is 0 Å². The summed E-state index contributed by atoms with van der Waals surface area (Å²) >= 11 is 0. The van der Waals surface area contributed by atoms with E-state index < -0.39 is 0 Å². The Bertz CT molecular complexity index is 117. The highest BCUT2D eigenvalue weighted by molar-refractivity contribution is 5.08. The van der Waals surface area contributed by atoms with E-state index in [0.717, 1.165) is 0 Å². The van der Waals surface area contributed by atoms with Crippen molar-refractivity contribution >= 4 is 0 Å². The summed E-state index contributed by atoms with van der Waals surface area (Å²) in [6, 6.07) is 0. The van der Waals surface area contributed by atoms with Gasteiger partial charge in [0.1, 0.15) is 0 Å². The van der Waals surface area contributed by atoms with Gasteiger partial charge in [0, 0.05) is 12.3 Å². The van der Waals surface area contributed by atoms with Gasteiger partial charge in [-0.1, -0.05) is 0 Å². The molecule has 1 aliphatic heterocycles. The van der Waals surface area contributed by atoms with E-state index in [1.165, 1.54) is 18.5 Å². The first-order valence-electron chi connectivity index (χ1n) is 1.86. The molecule has 3 heteroatoms. The highest BCUT2D eigenvalue weighted by Gasteiger charge is 1.88. The van der Waals surface area contributed by atoms with Crippen molar-refractivity contribution < 1.29 is 9.94 Å². The molecule has 2 N–H and O–H groups in total. The van der Waals surface area contributed by atoms with E-state index in [0.29, 0.717) is 0 Å². The molecule has 0 fully saturated rings. The number of hydrogen-bond acceptors (Lipinski definition) is 3. The topological polar surface area (TPSA) is 41.5 Å². The molecule has 0 aromatic rings. The maximum absolute atomic E-state index is 8.52. The molecule has 0 spiro atoms. The van der Waals surface area contributed by atoms with Crippen LogP contribution in [0.1, 0.15) is 0 Å². The van der Waals surface area contributed by atoms with E-state index in [1.54, 1.807) is 0 Å². The van der Waals surface area contributed by atoms with Crippen molar-refractivity contribution in [1.82, 2.24) is 5.48 Å². The van der Waals surface area contributed by atoms with E-state index in [-0.39, 0.29) is 5.76 Å². The lowest BCUT2D eigenvalue weighted by molar-refractivity contribution is 0.157. The van der Waals surface area contributed by atoms with Crippen LogP contribution in [0.5, 0.6) is 0 Å². The van der Waals surface area contributed by atoms with Crippen LogP contribution in [0.3, 0.4) is 0 Å². The van der Waals surface area contributed by atoms with Gasteiger partial charge in [0.25, 0.3) is 0 Å². The first-order valence-corrected chi connectivity index (χ1v) is 1.86. The average molecular weight is 99.1 g/mol. The number of aliphatic hydroxyl groups excluding tert-OH is 1. The number of hydroxylamine groups is 1. The van der Waals surface area contributed by atoms with Crippen molar-refractivity contribution in [2.24, 2.45) is 0 Å². The van der Waals surface area contributed by atoms with Crippen LogP contribution < -0.4 is 5.48 Å². The van der Waals surface area contributed by atoms with Crippen molar-refractivity contribution in [2.45, 2.75) is 0 Å². The number of hydrogen-bond donors (Lipinski definition) is 2. The summed E-state index contributed by atoms with van der Waals surface area (Å²) in [4.78, 5) is 4.43. The molecule has 0 aromatic heterocycles. The quantitative estimate of drug-likeness (QED) is 0.463. The van der Waals surface area contributed by atoms with Crippen molar-refractivity contribution in [3.63, 3.8) is 0 Å². The van der Waals surface area contributed by atoms with Crippen LogP contribution in [0.25, 0.3) is 0 Å². The Morgan fingerprint density at radius 3 is 2.86 bits per heavy atom. The Kier molecular flexibility index (Phi) is 0.898. The minimum atomic E-state index is 0.124. The molecule has 0 amide bonds. The fourth-order valence-electron chi connectivity index (χ4n) is 0.292. The predicted octanol–water partition coefficient (Wildman–Crippen LogP) is 0.434. The molecule has 0 aliphatic carbocycles. The molecule has 1 heterocycles. The van der Waals surface area contributed by atoms with Gasteiger partial charge in [-0.25, -0.2) is 5.48 Å². The van der Waals surface area contributed by atoms with Crippen LogP contribution in [0.15, 0.2) is 24.3 Å². The fourth-order valence-corrected chi connectivity index (χ4v) is 0.292. The monoisotopic (exact) mass is 99.0 g/mol. The van der Waals surface area contributed by atoms with Gasteiger partial charge in [-0.15, -0.1) is 0 Å². The van der Waals surface area contributed by atoms with Crippen LogP contribution in [-0.2, 0) is 4.84 Å². The highest BCUT2D eigenvalue weighted by atomic mass is 16.6. The van der Waals surface area contributed by atoms with Crippen molar-refractivity contribution in [3.8, 4) is 0 Å². The smallest absolute Gasteiger partial charge is 0.160 e. The standard InChI is InChI=1S/C4H5NO2/c6-4-1-2-5-7-3-4/h1-3,5-6H. The van der Waals surface area contributed by atoms with Crippen molar-refractivity contribution in [1.29, 1.82) is 0 Å². The van der Waals surface area contributed by atoms with E-state index in [4.69, 9.17) is 5.11 Å². The molecule has 0 unspecified atom stereocenters. The van der Waals surface area contributed by atoms with Crippen LogP contribution in [0.2, 0.25) is 0 Å². The molecule has 1 aliphatic rings. The summed E-state index contributed by atoms with van der Waals surface area (Å²) in [5.41, 5.74) is 2.40. The minimum absolute atomic E-state index is 0.124. The Hall–Kier alpha value is -1.12.